The average Bonchev–Trinajstić information content (AvgIpc) is 3.46. The molecule has 6 nitrogen and oxygen atoms in total. The lowest BCUT2D eigenvalue weighted by Gasteiger charge is -2.27. The smallest absolute Gasteiger partial charge is 0.225 e. The Hall–Kier alpha value is -3.13. The fraction of sp³-hybridized carbons (Fsp3) is 0.429. The van der Waals surface area contributed by atoms with Crippen LogP contribution in [-0.4, -0.2) is 26.0 Å². The Kier molecular flexibility index (Phi) is 6.64. The largest absolute Gasteiger partial charge is 0.367 e. The lowest BCUT2D eigenvalue weighted by molar-refractivity contribution is 0.245. The van der Waals surface area contributed by atoms with Crippen LogP contribution in [0.15, 0.2) is 36.5 Å². The molecule has 1 saturated carbocycles. The first-order valence-electron chi connectivity index (χ1n) is 12.5. The van der Waals surface area contributed by atoms with Gasteiger partial charge in [0.1, 0.15) is 22.2 Å². The lowest BCUT2D eigenvalue weighted by Crippen LogP contribution is -2.22. The molecule has 1 aliphatic rings. The molecular weight excluding hydrogens is 471 g/mol. The van der Waals surface area contributed by atoms with E-state index in [9.17, 15) is 4.39 Å². The lowest BCUT2D eigenvalue weighted by atomic mass is 9.80. The predicted octanol–water partition coefficient (Wildman–Crippen LogP) is 7.14. The summed E-state index contributed by atoms with van der Waals surface area (Å²) in [6.07, 6.45) is 5.25. The minimum Gasteiger partial charge on any atom is -0.367 e. The van der Waals surface area contributed by atoms with E-state index in [1.165, 1.54) is 18.6 Å². The molecule has 0 saturated heterocycles. The third-order valence-corrected chi connectivity index (χ3v) is 8.17. The van der Waals surface area contributed by atoms with Crippen molar-refractivity contribution in [3.8, 4) is 10.6 Å². The van der Waals surface area contributed by atoms with Gasteiger partial charge in [0, 0.05) is 18.8 Å². The number of hydrogen-bond acceptors (Lipinski definition) is 7. The van der Waals surface area contributed by atoms with E-state index in [4.69, 9.17) is 15.0 Å². The van der Waals surface area contributed by atoms with E-state index in [0.717, 1.165) is 56.4 Å². The molecule has 2 atom stereocenters. The Labute approximate surface area is 215 Å². The Bertz CT molecular complexity index is 1390. The number of rotatable bonds is 6. The van der Waals surface area contributed by atoms with Crippen LogP contribution in [0, 0.1) is 31.0 Å². The highest BCUT2D eigenvalue weighted by Crippen LogP contribution is 2.42. The van der Waals surface area contributed by atoms with Crippen LogP contribution in [0.5, 0.6) is 0 Å². The summed E-state index contributed by atoms with van der Waals surface area (Å²) in [4.78, 5) is 19.0. The van der Waals surface area contributed by atoms with Gasteiger partial charge in [0.25, 0.3) is 0 Å². The standard InChI is InChI=1S/C28H33FN6S/c1-16-23(26-34-24-17(2)30-12-11-22(24)36-26)25(33-21-10-9-19(14-21)28(3,4)5)35-27(32-16)31-15-18-7-6-8-20(29)13-18/h6-8,11-13,19,21H,9-10,14-15H2,1-5H3,(H2,31,32,33,35). The molecular formula is C28H33FN6S. The van der Waals surface area contributed by atoms with E-state index < -0.39 is 0 Å². The van der Waals surface area contributed by atoms with Gasteiger partial charge in [-0.15, -0.1) is 11.3 Å². The minimum atomic E-state index is -0.251. The highest BCUT2D eigenvalue weighted by molar-refractivity contribution is 7.21. The Morgan fingerprint density at radius 3 is 2.61 bits per heavy atom. The topological polar surface area (TPSA) is 75.6 Å². The highest BCUT2D eigenvalue weighted by Gasteiger charge is 2.33. The summed E-state index contributed by atoms with van der Waals surface area (Å²) >= 11 is 1.64. The van der Waals surface area contributed by atoms with E-state index >= 15 is 0 Å². The molecule has 0 amide bonds. The van der Waals surface area contributed by atoms with Crippen LogP contribution in [0.2, 0.25) is 0 Å². The zero-order valence-corrected chi connectivity index (χ0v) is 22.3. The van der Waals surface area contributed by atoms with Crippen LogP contribution < -0.4 is 10.6 Å². The van der Waals surface area contributed by atoms with Gasteiger partial charge in [-0.25, -0.2) is 14.4 Å². The fourth-order valence-electron chi connectivity index (χ4n) is 5.02. The van der Waals surface area contributed by atoms with Gasteiger partial charge in [-0.05, 0) is 68.2 Å². The first kappa shape index (κ1) is 24.6. The first-order valence-corrected chi connectivity index (χ1v) is 13.3. The zero-order chi connectivity index (χ0) is 25.4. The van der Waals surface area contributed by atoms with Crippen LogP contribution in [0.4, 0.5) is 16.2 Å². The number of nitrogens with zero attached hydrogens (tertiary/aromatic N) is 4. The molecule has 8 heteroatoms. The summed E-state index contributed by atoms with van der Waals surface area (Å²) < 4.78 is 14.7. The van der Waals surface area contributed by atoms with Gasteiger partial charge in [-0.2, -0.15) is 4.98 Å². The van der Waals surface area contributed by atoms with Gasteiger partial charge < -0.3 is 10.6 Å². The third-order valence-electron chi connectivity index (χ3n) is 7.13. The first-order chi connectivity index (χ1) is 17.2. The second-order valence-electron chi connectivity index (χ2n) is 10.8. The van der Waals surface area contributed by atoms with Crippen molar-refractivity contribution in [3.05, 3.63) is 59.3 Å². The van der Waals surface area contributed by atoms with Crippen LogP contribution in [0.3, 0.4) is 0 Å². The normalized spacial score (nSPS) is 18.1. The van der Waals surface area contributed by atoms with Crippen LogP contribution in [0.1, 0.15) is 57.0 Å². The molecule has 36 heavy (non-hydrogen) atoms. The maximum absolute atomic E-state index is 13.6. The number of aromatic nitrogens is 4. The summed E-state index contributed by atoms with van der Waals surface area (Å²) in [5.41, 5.74) is 4.75. The number of aryl methyl sites for hydroxylation is 2. The second-order valence-corrected chi connectivity index (χ2v) is 11.8. The van der Waals surface area contributed by atoms with Crippen molar-refractivity contribution < 1.29 is 4.39 Å². The predicted molar refractivity (Wildman–Crippen MR) is 146 cm³/mol. The summed E-state index contributed by atoms with van der Waals surface area (Å²) in [6.45, 7) is 11.4. The van der Waals surface area contributed by atoms with E-state index in [-0.39, 0.29) is 11.2 Å². The molecule has 0 aliphatic heterocycles. The van der Waals surface area contributed by atoms with Gasteiger partial charge in [0.05, 0.1) is 21.7 Å². The molecule has 4 aromatic rings. The Balaban J connectivity index is 1.49. The number of nitrogens with one attached hydrogen (secondary N) is 2. The molecule has 0 radical (unpaired) electrons. The molecule has 2 N–H and O–H groups in total. The molecule has 5 rings (SSSR count). The van der Waals surface area contributed by atoms with Crippen molar-refractivity contribution in [1.29, 1.82) is 0 Å². The molecule has 1 aliphatic carbocycles. The molecule has 2 unspecified atom stereocenters. The molecule has 3 heterocycles. The monoisotopic (exact) mass is 504 g/mol. The van der Waals surface area contributed by atoms with Crippen molar-refractivity contribution in [1.82, 2.24) is 19.9 Å². The summed E-state index contributed by atoms with van der Waals surface area (Å²) in [6, 6.07) is 8.92. The molecule has 3 aromatic heterocycles. The van der Waals surface area contributed by atoms with Crippen LogP contribution >= 0.6 is 11.3 Å². The van der Waals surface area contributed by atoms with Crippen LogP contribution in [0.25, 0.3) is 20.8 Å². The Morgan fingerprint density at radius 2 is 1.89 bits per heavy atom. The number of thiazole rings is 1. The number of hydrogen-bond donors (Lipinski definition) is 2. The minimum absolute atomic E-state index is 0.251. The van der Waals surface area contributed by atoms with Gasteiger partial charge in [0.2, 0.25) is 5.95 Å². The highest BCUT2D eigenvalue weighted by atomic mass is 32.1. The van der Waals surface area contributed by atoms with E-state index in [1.54, 1.807) is 17.4 Å². The second kappa shape index (κ2) is 9.73. The van der Waals surface area contributed by atoms with Gasteiger partial charge in [-0.3, -0.25) is 4.98 Å². The molecule has 1 aromatic carbocycles. The SMILES string of the molecule is Cc1nc(NCc2cccc(F)c2)nc(NC2CCC(C(C)(C)C)C2)c1-c1nc2c(C)nccc2s1. The van der Waals surface area contributed by atoms with Crippen molar-refractivity contribution in [2.45, 2.75) is 66.5 Å². The van der Waals surface area contributed by atoms with E-state index in [2.05, 4.69) is 36.4 Å². The maximum atomic E-state index is 13.6. The van der Waals surface area contributed by atoms with Gasteiger partial charge >= 0.3 is 0 Å². The summed E-state index contributed by atoms with van der Waals surface area (Å²) in [5.74, 6) is 1.74. The number of anilines is 2. The fourth-order valence-corrected chi connectivity index (χ4v) is 6.13. The quantitative estimate of drug-likeness (QED) is 0.291. The number of halogens is 1. The van der Waals surface area contributed by atoms with Crippen LogP contribution in [-0.2, 0) is 6.54 Å². The van der Waals surface area contributed by atoms with E-state index in [1.807, 2.05) is 32.2 Å². The zero-order valence-electron chi connectivity index (χ0n) is 21.5. The maximum Gasteiger partial charge on any atom is 0.225 e. The number of fused-ring (bicyclic) bond motifs is 1. The Morgan fingerprint density at radius 1 is 1.06 bits per heavy atom. The summed E-state index contributed by atoms with van der Waals surface area (Å²) in [7, 11) is 0. The number of benzene rings is 1. The summed E-state index contributed by atoms with van der Waals surface area (Å²) in [5, 5.41) is 7.94. The molecule has 0 bridgehead atoms. The molecule has 0 spiro atoms. The van der Waals surface area contributed by atoms with Crippen molar-refractivity contribution >= 4 is 33.3 Å². The average molecular weight is 505 g/mol. The van der Waals surface area contributed by atoms with Gasteiger partial charge in [-0.1, -0.05) is 32.9 Å². The third kappa shape index (κ3) is 5.19. The molecule has 1 fully saturated rings. The van der Waals surface area contributed by atoms with Gasteiger partial charge in [0.15, 0.2) is 0 Å². The number of pyridine rings is 1. The molecule has 188 valence electrons. The van der Waals surface area contributed by atoms with Crippen molar-refractivity contribution in [3.63, 3.8) is 0 Å². The van der Waals surface area contributed by atoms with Crippen molar-refractivity contribution in [2.24, 2.45) is 11.3 Å². The van der Waals surface area contributed by atoms with Crippen molar-refractivity contribution in [2.75, 3.05) is 10.6 Å². The van der Waals surface area contributed by atoms with E-state index in [0.29, 0.717) is 24.5 Å².